The van der Waals surface area contributed by atoms with Gasteiger partial charge in [0.05, 0.1) is 11.8 Å². The Morgan fingerprint density at radius 1 is 1.29 bits per heavy atom. The van der Waals surface area contributed by atoms with Crippen LogP contribution in [0, 0.1) is 5.82 Å². The number of benzene rings is 1. The third-order valence-corrected chi connectivity index (χ3v) is 3.51. The number of rotatable bonds is 2. The van der Waals surface area contributed by atoms with E-state index >= 15 is 0 Å². The summed E-state index contributed by atoms with van der Waals surface area (Å²) in [6.07, 6.45) is 2.29. The molecule has 0 radical (unpaired) electrons. The highest BCUT2D eigenvalue weighted by molar-refractivity contribution is 6.08. The fourth-order valence-electron chi connectivity index (χ4n) is 2.50. The maximum atomic E-state index is 13.7. The Balaban J connectivity index is 2.03. The number of aliphatic carboxylic acids is 1. The third kappa shape index (κ3) is 2.14. The van der Waals surface area contributed by atoms with Gasteiger partial charge in [0.1, 0.15) is 5.92 Å². The van der Waals surface area contributed by atoms with Crippen molar-refractivity contribution in [2.24, 2.45) is 0 Å². The van der Waals surface area contributed by atoms with Gasteiger partial charge in [0.2, 0.25) is 0 Å². The zero-order valence-corrected chi connectivity index (χ0v) is 10.9. The van der Waals surface area contributed by atoms with Crippen molar-refractivity contribution < 1.29 is 19.1 Å². The van der Waals surface area contributed by atoms with Crippen LogP contribution in [0.2, 0.25) is 0 Å². The normalized spacial score (nSPS) is 16.6. The smallest absolute Gasteiger partial charge is 0.312 e. The number of hydrogen-bond donors (Lipinski definition) is 1. The molecule has 2 aromatic rings. The minimum atomic E-state index is -1.01. The lowest BCUT2D eigenvalue weighted by atomic mass is 10.0. The molecule has 1 N–H and O–H groups in total. The molecular formula is C15H11FN2O3. The van der Waals surface area contributed by atoms with Crippen LogP contribution in [0.3, 0.4) is 0 Å². The summed E-state index contributed by atoms with van der Waals surface area (Å²) in [7, 11) is 0. The first kappa shape index (κ1) is 13.2. The lowest BCUT2D eigenvalue weighted by Gasteiger charge is -2.17. The standard InChI is InChI=1S/C15H11FN2O3/c16-12-7-17-6-5-10(12)14(19)18-8-11(15(20)21)9-3-1-2-4-13(9)18/h1-7,11H,8H2,(H,20,21)/t11-/m1/s1. The molecule has 1 amide bonds. The molecule has 0 spiro atoms. The van der Waals surface area contributed by atoms with E-state index in [1.165, 1.54) is 17.2 Å². The molecule has 106 valence electrons. The van der Waals surface area contributed by atoms with E-state index in [0.29, 0.717) is 11.3 Å². The van der Waals surface area contributed by atoms with Crippen molar-refractivity contribution in [2.75, 3.05) is 11.4 Å². The Bertz CT molecular complexity index is 732. The van der Waals surface area contributed by atoms with Crippen molar-refractivity contribution in [2.45, 2.75) is 5.92 Å². The van der Waals surface area contributed by atoms with E-state index in [1.54, 1.807) is 24.3 Å². The molecule has 21 heavy (non-hydrogen) atoms. The number of anilines is 1. The quantitative estimate of drug-likeness (QED) is 0.917. The summed E-state index contributed by atoms with van der Waals surface area (Å²) in [5.74, 6) is -3.09. The van der Waals surface area contributed by atoms with Crippen LogP contribution >= 0.6 is 0 Å². The monoisotopic (exact) mass is 286 g/mol. The molecular weight excluding hydrogens is 275 g/mol. The number of nitrogens with zero attached hydrogens (tertiary/aromatic N) is 2. The van der Waals surface area contributed by atoms with Crippen LogP contribution in [0.5, 0.6) is 0 Å². The maximum Gasteiger partial charge on any atom is 0.312 e. The number of carboxylic acids is 1. The number of halogens is 1. The number of carbonyl (C=O) groups excluding carboxylic acids is 1. The third-order valence-electron chi connectivity index (χ3n) is 3.51. The summed E-state index contributed by atoms with van der Waals surface area (Å²) < 4.78 is 13.7. The van der Waals surface area contributed by atoms with Crippen molar-refractivity contribution in [3.05, 3.63) is 59.7 Å². The zero-order chi connectivity index (χ0) is 15.0. The molecule has 1 aliphatic heterocycles. The van der Waals surface area contributed by atoms with Crippen molar-refractivity contribution in [1.82, 2.24) is 4.98 Å². The van der Waals surface area contributed by atoms with Gasteiger partial charge in [-0.1, -0.05) is 18.2 Å². The Morgan fingerprint density at radius 3 is 2.76 bits per heavy atom. The van der Waals surface area contributed by atoms with Gasteiger partial charge in [-0.05, 0) is 17.7 Å². The van der Waals surface area contributed by atoms with Crippen LogP contribution in [0.15, 0.2) is 42.7 Å². The van der Waals surface area contributed by atoms with Gasteiger partial charge in [-0.2, -0.15) is 0 Å². The number of hydrogen-bond acceptors (Lipinski definition) is 3. The largest absolute Gasteiger partial charge is 0.481 e. The van der Waals surface area contributed by atoms with Gasteiger partial charge in [-0.25, -0.2) is 4.39 Å². The Morgan fingerprint density at radius 2 is 2.05 bits per heavy atom. The van der Waals surface area contributed by atoms with E-state index in [9.17, 15) is 19.1 Å². The van der Waals surface area contributed by atoms with Crippen molar-refractivity contribution >= 4 is 17.6 Å². The minimum absolute atomic E-state index is 0.00469. The summed E-state index contributed by atoms with van der Waals surface area (Å²) in [4.78, 5) is 28.7. The van der Waals surface area contributed by atoms with E-state index in [1.807, 2.05) is 0 Å². The van der Waals surface area contributed by atoms with E-state index in [0.717, 1.165) is 6.20 Å². The second-order valence-electron chi connectivity index (χ2n) is 4.72. The van der Waals surface area contributed by atoms with Gasteiger partial charge < -0.3 is 10.0 Å². The molecule has 1 aromatic heterocycles. The second kappa shape index (κ2) is 4.97. The first-order valence-electron chi connectivity index (χ1n) is 6.32. The molecule has 0 bridgehead atoms. The van der Waals surface area contributed by atoms with Crippen LogP contribution in [0.1, 0.15) is 21.8 Å². The lowest BCUT2D eigenvalue weighted by molar-refractivity contribution is -0.138. The topological polar surface area (TPSA) is 70.5 Å². The Labute approximate surface area is 119 Å². The molecule has 1 aliphatic rings. The predicted octanol–water partition coefficient (Wildman–Crippen LogP) is 2.05. The molecule has 0 aliphatic carbocycles. The minimum Gasteiger partial charge on any atom is -0.481 e. The van der Waals surface area contributed by atoms with Crippen molar-refractivity contribution in [3.63, 3.8) is 0 Å². The van der Waals surface area contributed by atoms with Crippen LogP contribution in [-0.4, -0.2) is 28.5 Å². The van der Waals surface area contributed by atoms with Crippen molar-refractivity contribution in [3.8, 4) is 0 Å². The SMILES string of the molecule is O=C(O)[C@@H]1CN(C(=O)c2ccncc2F)c2ccccc21. The predicted molar refractivity (Wildman–Crippen MR) is 72.7 cm³/mol. The summed E-state index contributed by atoms with van der Waals surface area (Å²) >= 11 is 0. The molecule has 0 saturated heterocycles. The highest BCUT2D eigenvalue weighted by Crippen LogP contribution is 2.37. The van der Waals surface area contributed by atoms with Gasteiger partial charge in [-0.3, -0.25) is 14.6 Å². The van der Waals surface area contributed by atoms with Crippen LogP contribution in [-0.2, 0) is 4.79 Å². The summed E-state index contributed by atoms with van der Waals surface area (Å²) in [6, 6.07) is 8.05. The molecule has 5 nitrogen and oxygen atoms in total. The molecule has 6 heteroatoms. The number of carboxylic acid groups (broad SMARTS) is 1. The molecule has 0 unspecified atom stereocenters. The summed E-state index contributed by atoms with van der Waals surface area (Å²) in [6.45, 7) is -0.00469. The number of fused-ring (bicyclic) bond motifs is 1. The first-order chi connectivity index (χ1) is 10.1. The van der Waals surface area contributed by atoms with Crippen molar-refractivity contribution in [1.29, 1.82) is 0 Å². The lowest BCUT2D eigenvalue weighted by Crippen LogP contribution is -2.31. The number of pyridine rings is 1. The number of amides is 1. The fraction of sp³-hybridized carbons (Fsp3) is 0.133. The molecule has 0 fully saturated rings. The van der Waals surface area contributed by atoms with E-state index < -0.39 is 23.6 Å². The van der Waals surface area contributed by atoms with Gasteiger partial charge >= 0.3 is 5.97 Å². The highest BCUT2D eigenvalue weighted by atomic mass is 19.1. The Hall–Kier alpha value is -2.76. The second-order valence-corrected chi connectivity index (χ2v) is 4.72. The van der Waals surface area contributed by atoms with E-state index in [-0.39, 0.29) is 12.1 Å². The van der Waals surface area contributed by atoms with E-state index in [2.05, 4.69) is 4.98 Å². The van der Waals surface area contributed by atoms with Gasteiger partial charge in [0, 0.05) is 18.4 Å². The number of para-hydroxylation sites is 1. The van der Waals surface area contributed by atoms with Crippen LogP contribution in [0.4, 0.5) is 10.1 Å². The first-order valence-corrected chi connectivity index (χ1v) is 6.32. The number of carbonyl (C=O) groups is 2. The van der Waals surface area contributed by atoms with Gasteiger partial charge in [0.25, 0.3) is 5.91 Å². The van der Waals surface area contributed by atoms with Crippen LogP contribution in [0.25, 0.3) is 0 Å². The Kier molecular flexibility index (Phi) is 3.13. The fourth-order valence-corrected chi connectivity index (χ4v) is 2.50. The van der Waals surface area contributed by atoms with Crippen LogP contribution < -0.4 is 4.90 Å². The molecule has 2 heterocycles. The summed E-state index contributed by atoms with van der Waals surface area (Å²) in [5, 5.41) is 9.26. The zero-order valence-electron chi connectivity index (χ0n) is 10.9. The van der Waals surface area contributed by atoms with Gasteiger partial charge in [-0.15, -0.1) is 0 Å². The highest BCUT2D eigenvalue weighted by Gasteiger charge is 2.37. The average molecular weight is 286 g/mol. The summed E-state index contributed by atoms with van der Waals surface area (Å²) in [5.41, 5.74) is 0.949. The maximum absolute atomic E-state index is 13.7. The molecule has 1 aromatic carbocycles. The average Bonchev–Trinajstić information content (AvgIpc) is 2.87. The molecule has 0 saturated carbocycles. The number of aromatic nitrogens is 1. The molecule has 1 atom stereocenters. The van der Waals surface area contributed by atoms with Gasteiger partial charge in [0.15, 0.2) is 5.82 Å². The van der Waals surface area contributed by atoms with E-state index in [4.69, 9.17) is 0 Å². The molecule has 3 rings (SSSR count).